The van der Waals surface area contributed by atoms with Gasteiger partial charge < -0.3 is 14.6 Å². The van der Waals surface area contributed by atoms with Gasteiger partial charge in [0.15, 0.2) is 0 Å². The molecular formula is C17H31N3O. The van der Waals surface area contributed by atoms with Crippen molar-refractivity contribution in [2.24, 2.45) is 5.92 Å². The maximum atomic E-state index is 5.38. The van der Waals surface area contributed by atoms with Crippen LogP contribution >= 0.6 is 0 Å². The summed E-state index contributed by atoms with van der Waals surface area (Å²) in [6, 6.07) is 0.542. The van der Waals surface area contributed by atoms with Gasteiger partial charge >= 0.3 is 0 Å². The Morgan fingerprint density at radius 1 is 1.38 bits per heavy atom. The molecule has 0 spiro atoms. The molecule has 21 heavy (non-hydrogen) atoms. The Kier molecular flexibility index (Phi) is 6.55. The summed E-state index contributed by atoms with van der Waals surface area (Å²) in [7, 11) is 0. The van der Waals surface area contributed by atoms with Crippen LogP contribution in [0.25, 0.3) is 0 Å². The van der Waals surface area contributed by atoms with E-state index in [2.05, 4.69) is 34.9 Å². The SMILES string of the molecule is CCOCCCNc1nc(C)cn1C(C)C1CCCCC1. The summed E-state index contributed by atoms with van der Waals surface area (Å²) in [5.74, 6) is 1.83. The topological polar surface area (TPSA) is 39.1 Å². The minimum atomic E-state index is 0.542. The summed E-state index contributed by atoms with van der Waals surface area (Å²) in [4.78, 5) is 4.66. The van der Waals surface area contributed by atoms with Gasteiger partial charge in [0.1, 0.15) is 0 Å². The first-order chi connectivity index (χ1) is 10.2. The van der Waals surface area contributed by atoms with Gasteiger partial charge in [-0.15, -0.1) is 0 Å². The van der Waals surface area contributed by atoms with Crippen LogP contribution in [0.5, 0.6) is 0 Å². The van der Waals surface area contributed by atoms with E-state index in [1.54, 1.807) is 0 Å². The second-order valence-electron chi connectivity index (χ2n) is 6.23. The van der Waals surface area contributed by atoms with Crippen molar-refractivity contribution < 1.29 is 4.74 Å². The number of aryl methyl sites for hydroxylation is 1. The van der Waals surface area contributed by atoms with Gasteiger partial charge in [-0.25, -0.2) is 4.98 Å². The molecule has 1 aliphatic rings. The Morgan fingerprint density at radius 3 is 2.86 bits per heavy atom. The Bertz CT molecular complexity index is 410. The molecule has 1 aliphatic carbocycles. The molecule has 1 aromatic heterocycles. The number of anilines is 1. The number of nitrogens with one attached hydrogen (secondary N) is 1. The fourth-order valence-corrected chi connectivity index (χ4v) is 3.32. The predicted octanol–water partition coefficient (Wildman–Crippen LogP) is 4.17. The quantitative estimate of drug-likeness (QED) is 0.731. The molecule has 1 N–H and O–H groups in total. The molecule has 1 fully saturated rings. The number of aromatic nitrogens is 2. The Morgan fingerprint density at radius 2 is 2.14 bits per heavy atom. The van der Waals surface area contributed by atoms with E-state index in [1.165, 1.54) is 32.1 Å². The molecule has 0 amide bonds. The third kappa shape index (κ3) is 4.73. The maximum absolute atomic E-state index is 5.38. The lowest BCUT2D eigenvalue weighted by molar-refractivity contribution is 0.147. The van der Waals surface area contributed by atoms with Crippen molar-refractivity contribution in [2.45, 2.75) is 65.3 Å². The van der Waals surface area contributed by atoms with Crippen LogP contribution in [-0.2, 0) is 4.74 Å². The van der Waals surface area contributed by atoms with Gasteiger partial charge in [0.25, 0.3) is 0 Å². The van der Waals surface area contributed by atoms with E-state index in [1.807, 2.05) is 6.92 Å². The number of rotatable bonds is 8. The fourth-order valence-electron chi connectivity index (χ4n) is 3.32. The lowest BCUT2D eigenvalue weighted by Crippen LogP contribution is -2.21. The van der Waals surface area contributed by atoms with Crippen molar-refractivity contribution >= 4 is 5.95 Å². The highest BCUT2D eigenvalue weighted by atomic mass is 16.5. The molecule has 0 saturated heterocycles. The van der Waals surface area contributed by atoms with E-state index in [-0.39, 0.29) is 0 Å². The van der Waals surface area contributed by atoms with E-state index in [4.69, 9.17) is 4.74 Å². The molecule has 0 bridgehead atoms. The molecule has 0 aromatic carbocycles. The second-order valence-corrected chi connectivity index (χ2v) is 6.23. The molecule has 120 valence electrons. The Hall–Kier alpha value is -1.03. The molecule has 1 saturated carbocycles. The number of imidazole rings is 1. The number of hydrogen-bond donors (Lipinski definition) is 1. The average Bonchev–Trinajstić information content (AvgIpc) is 2.88. The summed E-state index contributed by atoms with van der Waals surface area (Å²) >= 11 is 0. The van der Waals surface area contributed by atoms with Crippen LogP contribution in [0.3, 0.4) is 0 Å². The minimum absolute atomic E-state index is 0.542. The zero-order valence-corrected chi connectivity index (χ0v) is 13.9. The van der Waals surface area contributed by atoms with Crippen LogP contribution in [0.4, 0.5) is 5.95 Å². The predicted molar refractivity (Wildman–Crippen MR) is 87.8 cm³/mol. The Balaban J connectivity index is 1.92. The molecule has 0 radical (unpaired) electrons. The van der Waals surface area contributed by atoms with Crippen LogP contribution in [-0.4, -0.2) is 29.3 Å². The Labute approximate surface area is 129 Å². The zero-order chi connectivity index (χ0) is 15.1. The molecule has 1 atom stereocenters. The largest absolute Gasteiger partial charge is 0.382 e. The van der Waals surface area contributed by atoms with Gasteiger partial charge in [0.05, 0.1) is 5.69 Å². The third-order valence-electron chi connectivity index (χ3n) is 4.58. The second kappa shape index (κ2) is 8.42. The van der Waals surface area contributed by atoms with Gasteiger partial charge in [0.2, 0.25) is 5.95 Å². The summed E-state index contributed by atoms with van der Waals surface area (Å²) < 4.78 is 7.74. The number of ether oxygens (including phenoxy) is 1. The summed E-state index contributed by atoms with van der Waals surface area (Å²) in [6.45, 7) is 9.01. The van der Waals surface area contributed by atoms with Crippen molar-refractivity contribution in [2.75, 3.05) is 25.1 Å². The third-order valence-corrected chi connectivity index (χ3v) is 4.58. The van der Waals surface area contributed by atoms with Crippen molar-refractivity contribution in [3.05, 3.63) is 11.9 Å². The van der Waals surface area contributed by atoms with Crippen molar-refractivity contribution in [1.82, 2.24) is 9.55 Å². The van der Waals surface area contributed by atoms with Gasteiger partial charge in [-0.05, 0) is 46.0 Å². The summed E-state index contributed by atoms with van der Waals surface area (Å²) in [5.41, 5.74) is 1.10. The van der Waals surface area contributed by atoms with Crippen LogP contribution in [0.1, 0.15) is 64.1 Å². The van der Waals surface area contributed by atoms with Crippen molar-refractivity contribution in [3.8, 4) is 0 Å². The molecule has 1 aromatic rings. The van der Waals surface area contributed by atoms with E-state index < -0.39 is 0 Å². The van der Waals surface area contributed by atoms with E-state index in [0.29, 0.717) is 6.04 Å². The van der Waals surface area contributed by atoms with Crippen molar-refractivity contribution in [3.63, 3.8) is 0 Å². The van der Waals surface area contributed by atoms with Crippen LogP contribution in [0.2, 0.25) is 0 Å². The highest BCUT2D eigenvalue weighted by Gasteiger charge is 2.23. The molecular weight excluding hydrogens is 262 g/mol. The van der Waals surface area contributed by atoms with Gasteiger partial charge in [-0.2, -0.15) is 0 Å². The van der Waals surface area contributed by atoms with Crippen molar-refractivity contribution in [1.29, 1.82) is 0 Å². The highest BCUT2D eigenvalue weighted by Crippen LogP contribution is 2.34. The van der Waals surface area contributed by atoms with E-state index in [0.717, 1.165) is 43.7 Å². The fraction of sp³-hybridized carbons (Fsp3) is 0.824. The first-order valence-electron chi connectivity index (χ1n) is 8.59. The first kappa shape index (κ1) is 16.3. The van der Waals surface area contributed by atoms with Crippen LogP contribution in [0, 0.1) is 12.8 Å². The first-order valence-corrected chi connectivity index (χ1v) is 8.59. The lowest BCUT2D eigenvalue weighted by atomic mass is 9.84. The van der Waals surface area contributed by atoms with Crippen LogP contribution in [0.15, 0.2) is 6.20 Å². The van der Waals surface area contributed by atoms with Crippen LogP contribution < -0.4 is 5.32 Å². The molecule has 4 heteroatoms. The molecule has 1 heterocycles. The average molecular weight is 293 g/mol. The molecule has 0 aliphatic heterocycles. The summed E-state index contributed by atoms with van der Waals surface area (Å²) in [6.07, 6.45) is 10.1. The lowest BCUT2D eigenvalue weighted by Gasteiger charge is -2.29. The molecule has 2 rings (SSSR count). The molecule has 4 nitrogen and oxygen atoms in total. The van der Waals surface area contributed by atoms with Gasteiger partial charge in [-0.1, -0.05) is 19.3 Å². The standard InChI is InChI=1S/C17H31N3O/c1-4-21-12-8-11-18-17-19-14(2)13-20(17)15(3)16-9-6-5-7-10-16/h13,15-16H,4-12H2,1-3H3,(H,18,19). The monoisotopic (exact) mass is 293 g/mol. The van der Waals surface area contributed by atoms with Gasteiger partial charge in [-0.3, -0.25) is 0 Å². The molecule has 1 unspecified atom stereocenters. The zero-order valence-electron chi connectivity index (χ0n) is 13.9. The number of hydrogen-bond acceptors (Lipinski definition) is 3. The minimum Gasteiger partial charge on any atom is -0.382 e. The normalized spacial score (nSPS) is 17.9. The van der Waals surface area contributed by atoms with E-state index in [9.17, 15) is 0 Å². The summed E-state index contributed by atoms with van der Waals surface area (Å²) in [5, 5.41) is 3.48. The smallest absolute Gasteiger partial charge is 0.203 e. The maximum Gasteiger partial charge on any atom is 0.203 e. The highest BCUT2D eigenvalue weighted by molar-refractivity contribution is 5.29. The van der Waals surface area contributed by atoms with E-state index >= 15 is 0 Å². The number of nitrogens with zero attached hydrogens (tertiary/aromatic N) is 2. The van der Waals surface area contributed by atoms with Gasteiger partial charge in [0, 0.05) is 32.0 Å².